The maximum Gasteiger partial charge on any atom is 0.226 e. The van der Waals surface area contributed by atoms with E-state index in [9.17, 15) is 0 Å². The summed E-state index contributed by atoms with van der Waals surface area (Å²) in [6, 6.07) is 2.14. The van der Waals surface area contributed by atoms with Crippen molar-refractivity contribution in [1.29, 1.82) is 0 Å². The summed E-state index contributed by atoms with van der Waals surface area (Å²) in [6.07, 6.45) is 5.25. The second-order valence-electron chi connectivity index (χ2n) is 4.10. The lowest BCUT2D eigenvalue weighted by Crippen LogP contribution is -2.30. The first-order chi connectivity index (χ1) is 7.83. The van der Waals surface area contributed by atoms with Crippen molar-refractivity contribution in [2.24, 2.45) is 11.7 Å². The molecule has 1 aromatic heterocycles. The molecule has 1 heterocycles. The number of nitrogens with zero attached hydrogens (tertiary/aromatic N) is 2. The number of ether oxygens (including phenoxy) is 1. The smallest absolute Gasteiger partial charge is 0.226 e. The number of anilines is 1. The minimum Gasteiger partial charge on any atom is -0.481 e. The lowest BCUT2D eigenvalue weighted by Gasteiger charge is -2.19. The Balaban J connectivity index is 2.02. The lowest BCUT2D eigenvalue weighted by atomic mass is 10.0. The largest absolute Gasteiger partial charge is 0.481 e. The minimum atomic E-state index is 0.400. The van der Waals surface area contributed by atoms with E-state index in [1.54, 1.807) is 19.4 Å². The Morgan fingerprint density at radius 2 is 2.44 bits per heavy atom. The van der Waals surface area contributed by atoms with Crippen LogP contribution in [0.25, 0.3) is 0 Å². The SMILES string of the molecule is COc1ccnc(NC2CCCC2CN)n1. The average molecular weight is 222 g/mol. The van der Waals surface area contributed by atoms with Gasteiger partial charge in [0.2, 0.25) is 11.8 Å². The molecular formula is C11H18N4O. The normalized spacial score (nSPS) is 24.4. The van der Waals surface area contributed by atoms with Crippen molar-refractivity contribution in [3.05, 3.63) is 12.3 Å². The highest BCUT2D eigenvalue weighted by Crippen LogP contribution is 2.26. The Labute approximate surface area is 95.4 Å². The van der Waals surface area contributed by atoms with E-state index in [4.69, 9.17) is 10.5 Å². The molecule has 2 unspecified atom stereocenters. The maximum atomic E-state index is 5.73. The predicted octanol–water partition coefficient (Wildman–Crippen LogP) is 1.02. The highest BCUT2D eigenvalue weighted by molar-refractivity contribution is 5.29. The van der Waals surface area contributed by atoms with E-state index in [1.165, 1.54) is 12.8 Å². The van der Waals surface area contributed by atoms with E-state index >= 15 is 0 Å². The molecular weight excluding hydrogens is 204 g/mol. The molecule has 1 saturated carbocycles. The van der Waals surface area contributed by atoms with E-state index in [2.05, 4.69) is 15.3 Å². The second-order valence-corrected chi connectivity index (χ2v) is 4.10. The number of rotatable bonds is 4. The van der Waals surface area contributed by atoms with Gasteiger partial charge in [-0.25, -0.2) is 4.98 Å². The molecule has 0 aliphatic heterocycles. The maximum absolute atomic E-state index is 5.73. The molecule has 5 heteroatoms. The van der Waals surface area contributed by atoms with Gasteiger partial charge in [-0.1, -0.05) is 6.42 Å². The van der Waals surface area contributed by atoms with Crippen LogP contribution in [0.4, 0.5) is 5.95 Å². The van der Waals surface area contributed by atoms with Gasteiger partial charge < -0.3 is 15.8 Å². The van der Waals surface area contributed by atoms with Crippen LogP contribution >= 0.6 is 0 Å². The summed E-state index contributed by atoms with van der Waals surface area (Å²) in [5.41, 5.74) is 5.73. The van der Waals surface area contributed by atoms with Crippen LogP contribution in [0.2, 0.25) is 0 Å². The van der Waals surface area contributed by atoms with Crippen molar-refractivity contribution in [2.75, 3.05) is 19.0 Å². The quantitative estimate of drug-likeness (QED) is 0.795. The molecule has 1 aliphatic rings. The number of nitrogens with one attached hydrogen (secondary N) is 1. The summed E-state index contributed by atoms with van der Waals surface area (Å²) in [4.78, 5) is 8.41. The Morgan fingerprint density at radius 3 is 3.19 bits per heavy atom. The van der Waals surface area contributed by atoms with Gasteiger partial charge in [0, 0.05) is 18.3 Å². The van der Waals surface area contributed by atoms with E-state index in [1.807, 2.05) is 0 Å². The topological polar surface area (TPSA) is 73.1 Å². The van der Waals surface area contributed by atoms with Gasteiger partial charge in [-0.3, -0.25) is 0 Å². The van der Waals surface area contributed by atoms with Crippen molar-refractivity contribution < 1.29 is 4.74 Å². The van der Waals surface area contributed by atoms with Crippen LogP contribution in [0.1, 0.15) is 19.3 Å². The Morgan fingerprint density at radius 1 is 1.56 bits per heavy atom. The van der Waals surface area contributed by atoms with Gasteiger partial charge in [0.25, 0.3) is 0 Å². The highest BCUT2D eigenvalue weighted by atomic mass is 16.5. The molecule has 1 aliphatic carbocycles. The van der Waals surface area contributed by atoms with Crippen LogP contribution in [-0.2, 0) is 0 Å². The summed E-state index contributed by atoms with van der Waals surface area (Å²) < 4.78 is 5.06. The fraction of sp³-hybridized carbons (Fsp3) is 0.636. The predicted molar refractivity (Wildman–Crippen MR) is 62.4 cm³/mol. The molecule has 5 nitrogen and oxygen atoms in total. The fourth-order valence-electron chi connectivity index (χ4n) is 2.20. The van der Waals surface area contributed by atoms with Crippen molar-refractivity contribution in [3.63, 3.8) is 0 Å². The van der Waals surface area contributed by atoms with Crippen molar-refractivity contribution >= 4 is 5.95 Å². The molecule has 0 amide bonds. The summed E-state index contributed by atoms with van der Waals surface area (Å²) >= 11 is 0. The van der Waals surface area contributed by atoms with Crippen LogP contribution in [0.3, 0.4) is 0 Å². The molecule has 2 rings (SSSR count). The van der Waals surface area contributed by atoms with Gasteiger partial charge in [0.1, 0.15) is 0 Å². The number of nitrogens with two attached hydrogens (primary N) is 1. The average Bonchev–Trinajstić information content (AvgIpc) is 2.76. The Hall–Kier alpha value is -1.36. The number of hydrogen-bond acceptors (Lipinski definition) is 5. The van der Waals surface area contributed by atoms with Crippen LogP contribution in [0.15, 0.2) is 12.3 Å². The van der Waals surface area contributed by atoms with Crippen LogP contribution in [0, 0.1) is 5.92 Å². The number of aromatic nitrogens is 2. The molecule has 1 aromatic rings. The first-order valence-electron chi connectivity index (χ1n) is 5.67. The number of hydrogen-bond donors (Lipinski definition) is 2. The van der Waals surface area contributed by atoms with E-state index in [-0.39, 0.29) is 0 Å². The molecule has 1 fully saturated rings. The highest BCUT2D eigenvalue weighted by Gasteiger charge is 2.26. The van der Waals surface area contributed by atoms with Gasteiger partial charge in [-0.05, 0) is 25.3 Å². The van der Waals surface area contributed by atoms with Gasteiger partial charge in [0.05, 0.1) is 7.11 Å². The van der Waals surface area contributed by atoms with Crippen molar-refractivity contribution in [2.45, 2.75) is 25.3 Å². The van der Waals surface area contributed by atoms with E-state index < -0.39 is 0 Å². The third kappa shape index (κ3) is 2.41. The second kappa shape index (κ2) is 5.12. The van der Waals surface area contributed by atoms with Crippen molar-refractivity contribution in [1.82, 2.24) is 9.97 Å². The summed E-state index contributed by atoms with van der Waals surface area (Å²) in [5, 5.41) is 3.33. The van der Waals surface area contributed by atoms with E-state index in [0.717, 1.165) is 13.0 Å². The van der Waals surface area contributed by atoms with Gasteiger partial charge in [-0.2, -0.15) is 4.98 Å². The summed E-state index contributed by atoms with van der Waals surface area (Å²) in [6.45, 7) is 0.724. The van der Waals surface area contributed by atoms with E-state index in [0.29, 0.717) is 23.8 Å². The molecule has 88 valence electrons. The fourth-order valence-corrected chi connectivity index (χ4v) is 2.20. The molecule has 0 radical (unpaired) electrons. The van der Waals surface area contributed by atoms with Crippen molar-refractivity contribution in [3.8, 4) is 5.88 Å². The van der Waals surface area contributed by atoms with Crippen LogP contribution < -0.4 is 15.8 Å². The third-order valence-corrected chi connectivity index (χ3v) is 3.12. The molecule has 0 bridgehead atoms. The molecule has 0 spiro atoms. The monoisotopic (exact) mass is 222 g/mol. The standard InChI is InChI=1S/C11H18N4O/c1-16-10-5-6-13-11(15-10)14-9-4-2-3-8(9)7-12/h5-6,8-9H,2-4,7,12H2,1H3,(H,13,14,15). The zero-order chi connectivity index (χ0) is 11.4. The zero-order valence-corrected chi connectivity index (χ0v) is 9.52. The number of methoxy groups -OCH3 is 1. The summed E-state index contributed by atoms with van der Waals surface area (Å²) in [7, 11) is 1.60. The third-order valence-electron chi connectivity index (χ3n) is 3.12. The minimum absolute atomic E-state index is 0.400. The first-order valence-corrected chi connectivity index (χ1v) is 5.67. The Kier molecular flexibility index (Phi) is 3.56. The van der Waals surface area contributed by atoms with Gasteiger partial charge in [-0.15, -0.1) is 0 Å². The molecule has 0 aromatic carbocycles. The van der Waals surface area contributed by atoms with Crippen LogP contribution in [-0.4, -0.2) is 29.7 Å². The first kappa shape index (κ1) is 11.1. The molecule has 16 heavy (non-hydrogen) atoms. The zero-order valence-electron chi connectivity index (χ0n) is 9.52. The molecule has 3 N–H and O–H groups in total. The van der Waals surface area contributed by atoms with Gasteiger partial charge in [0.15, 0.2) is 0 Å². The molecule has 2 atom stereocenters. The lowest BCUT2D eigenvalue weighted by molar-refractivity contribution is 0.397. The Bertz CT molecular complexity index is 345. The van der Waals surface area contributed by atoms with Gasteiger partial charge >= 0.3 is 0 Å². The van der Waals surface area contributed by atoms with Crippen LogP contribution in [0.5, 0.6) is 5.88 Å². The summed E-state index contributed by atoms with van der Waals surface area (Å²) in [5.74, 6) is 1.75. The molecule has 0 saturated heterocycles.